The van der Waals surface area contributed by atoms with Gasteiger partial charge in [-0.3, -0.25) is 10.1 Å². The molecule has 0 bridgehead atoms. The maximum atomic E-state index is 11.1. The summed E-state index contributed by atoms with van der Waals surface area (Å²) in [4.78, 5) is 13.8. The number of thiazole rings is 1. The highest BCUT2D eigenvalue weighted by Crippen LogP contribution is 2.27. The van der Waals surface area contributed by atoms with Crippen molar-refractivity contribution in [3.8, 4) is 0 Å². The zero-order valence-corrected chi connectivity index (χ0v) is 10.9. The summed E-state index contributed by atoms with van der Waals surface area (Å²) in [5.41, 5.74) is 0.552. The number of hydrogen-bond donors (Lipinski definition) is 2. The van der Waals surface area contributed by atoms with Crippen LogP contribution in [0.1, 0.15) is 0 Å². The standard InChI is InChI=1S/C9H8N4O4S2/c10-19(16,17)7-3-1-6(2-4-7)12-9-11-5-8(18-9)13(14)15/h1-5H,(H,11,12)(H2,10,16,17). The smallest absolute Gasteiger partial charge is 0.331 e. The number of nitrogens with two attached hydrogens (primary N) is 1. The Balaban J connectivity index is 2.17. The summed E-state index contributed by atoms with van der Waals surface area (Å²) >= 11 is 0.881. The average molecular weight is 300 g/mol. The normalized spacial score (nSPS) is 11.2. The molecule has 19 heavy (non-hydrogen) atoms. The van der Waals surface area contributed by atoms with Crippen molar-refractivity contribution in [1.29, 1.82) is 0 Å². The minimum atomic E-state index is -3.73. The Kier molecular flexibility index (Phi) is 3.46. The molecule has 0 amide bonds. The second-order valence-corrected chi connectivity index (χ2v) is 6.03. The van der Waals surface area contributed by atoms with Crippen LogP contribution in [-0.2, 0) is 10.0 Å². The van der Waals surface area contributed by atoms with Crippen LogP contribution in [0, 0.1) is 10.1 Å². The van der Waals surface area contributed by atoms with Gasteiger partial charge < -0.3 is 5.32 Å². The molecule has 0 unspecified atom stereocenters. The summed E-state index contributed by atoms with van der Waals surface area (Å²) in [6, 6.07) is 5.65. The lowest BCUT2D eigenvalue weighted by atomic mass is 10.3. The molecule has 2 aromatic rings. The van der Waals surface area contributed by atoms with E-state index in [-0.39, 0.29) is 9.90 Å². The molecule has 0 saturated heterocycles. The summed E-state index contributed by atoms with van der Waals surface area (Å²) in [6.45, 7) is 0. The fourth-order valence-electron chi connectivity index (χ4n) is 1.26. The van der Waals surface area contributed by atoms with E-state index in [1.807, 2.05) is 0 Å². The van der Waals surface area contributed by atoms with E-state index in [0.717, 1.165) is 17.5 Å². The molecule has 1 aromatic heterocycles. The summed E-state index contributed by atoms with van der Waals surface area (Å²) in [5, 5.41) is 18.5. The molecule has 0 radical (unpaired) electrons. The third kappa shape index (κ3) is 3.24. The molecule has 10 heteroatoms. The molecule has 100 valence electrons. The Morgan fingerprint density at radius 1 is 1.32 bits per heavy atom. The highest BCUT2D eigenvalue weighted by atomic mass is 32.2. The van der Waals surface area contributed by atoms with Crippen molar-refractivity contribution in [1.82, 2.24) is 4.98 Å². The minimum Gasteiger partial charge on any atom is -0.331 e. The topological polar surface area (TPSA) is 128 Å². The first-order valence-electron chi connectivity index (χ1n) is 4.86. The number of sulfonamides is 1. The lowest BCUT2D eigenvalue weighted by Crippen LogP contribution is -2.11. The fourth-order valence-corrected chi connectivity index (χ4v) is 2.43. The Morgan fingerprint density at radius 2 is 1.95 bits per heavy atom. The monoisotopic (exact) mass is 300 g/mol. The third-order valence-corrected chi connectivity index (χ3v) is 3.90. The summed E-state index contributed by atoms with van der Waals surface area (Å²) in [7, 11) is -3.73. The number of nitrogens with zero attached hydrogens (tertiary/aromatic N) is 2. The first-order chi connectivity index (χ1) is 8.86. The van der Waals surface area contributed by atoms with Crippen LogP contribution in [0.3, 0.4) is 0 Å². The number of anilines is 2. The number of aromatic nitrogens is 1. The van der Waals surface area contributed by atoms with Gasteiger partial charge >= 0.3 is 5.00 Å². The molecule has 0 aliphatic heterocycles. The van der Waals surface area contributed by atoms with E-state index in [1.165, 1.54) is 24.3 Å². The van der Waals surface area contributed by atoms with E-state index >= 15 is 0 Å². The van der Waals surface area contributed by atoms with Gasteiger partial charge in [-0.05, 0) is 35.6 Å². The molecule has 0 saturated carbocycles. The summed E-state index contributed by atoms with van der Waals surface area (Å²) < 4.78 is 22.1. The molecule has 8 nitrogen and oxygen atoms in total. The van der Waals surface area contributed by atoms with Gasteiger partial charge in [-0.1, -0.05) is 0 Å². The second-order valence-electron chi connectivity index (χ2n) is 3.46. The Morgan fingerprint density at radius 3 is 2.42 bits per heavy atom. The number of benzene rings is 1. The van der Waals surface area contributed by atoms with Crippen molar-refractivity contribution >= 4 is 37.2 Å². The maximum absolute atomic E-state index is 11.1. The van der Waals surface area contributed by atoms with Crippen LogP contribution in [-0.4, -0.2) is 18.3 Å². The van der Waals surface area contributed by atoms with Crippen molar-refractivity contribution < 1.29 is 13.3 Å². The minimum absolute atomic E-state index is 0.0110. The van der Waals surface area contributed by atoms with Gasteiger partial charge in [0.25, 0.3) is 0 Å². The zero-order chi connectivity index (χ0) is 14.0. The predicted molar refractivity (Wildman–Crippen MR) is 69.9 cm³/mol. The molecule has 3 N–H and O–H groups in total. The number of nitro groups is 1. The van der Waals surface area contributed by atoms with E-state index in [2.05, 4.69) is 10.3 Å². The van der Waals surface area contributed by atoms with Gasteiger partial charge in [-0.2, -0.15) is 0 Å². The van der Waals surface area contributed by atoms with Gasteiger partial charge in [0, 0.05) is 5.69 Å². The zero-order valence-electron chi connectivity index (χ0n) is 9.31. The molecule has 1 heterocycles. The van der Waals surface area contributed by atoms with E-state index in [9.17, 15) is 18.5 Å². The maximum Gasteiger partial charge on any atom is 0.345 e. The fraction of sp³-hybridized carbons (Fsp3) is 0. The van der Waals surface area contributed by atoms with Gasteiger partial charge in [0.1, 0.15) is 6.20 Å². The third-order valence-electron chi connectivity index (χ3n) is 2.11. The van der Waals surface area contributed by atoms with E-state index < -0.39 is 14.9 Å². The Bertz CT molecular complexity index is 708. The van der Waals surface area contributed by atoms with Crippen molar-refractivity contribution in [2.24, 2.45) is 5.14 Å². The van der Waals surface area contributed by atoms with E-state index in [1.54, 1.807) is 0 Å². The molecule has 2 rings (SSSR count). The lowest BCUT2D eigenvalue weighted by molar-refractivity contribution is -0.380. The molecule has 0 fully saturated rings. The SMILES string of the molecule is NS(=O)(=O)c1ccc(Nc2ncc([N+](=O)[O-])s2)cc1. The van der Waals surface area contributed by atoms with Crippen molar-refractivity contribution in [2.75, 3.05) is 5.32 Å². The van der Waals surface area contributed by atoms with Gasteiger partial charge in [0.2, 0.25) is 10.0 Å². The van der Waals surface area contributed by atoms with Crippen LogP contribution in [0.2, 0.25) is 0 Å². The van der Waals surface area contributed by atoms with E-state index in [0.29, 0.717) is 10.8 Å². The van der Waals surface area contributed by atoms with Crippen LogP contribution in [0.4, 0.5) is 15.8 Å². The molecule has 0 aliphatic rings. The summed E-state index contributed by atoms with van der Waals surface area (Å²) in [5.74, 6) is 0. The van der Waals surface area contributed by atoms with Crippen molar-refractivity contribution in [3.63, 3.8) is 0 Å². The number of rotatable bonds is 4. The van der Waals surface area contributed by atoms with Crippen LogP contribution in [0.15, 0.2) is 35.4 Å². The Labute approximate surface area is 112 Å². The molecule has 1 aromatic carbocycles. The van der Waals surface area contributed by atoms with E-state index in [4.69, 9.17) is 5.14 Å². The van der Waals surface area contributed by atoms with Crippen LogP contribution in [0.5, 0.6) is 0 Å². The highest BCUT2D eigenvalue weighted by Gasteiger charge is 2.12. The first-order valence-corrected chi connectivity index (χ1v) is 7.22. The van der Waals surface area contributed by atoms with Crippen molar-refractivity contribution in [3.05, 3.63) is 40.6 Å². The summed E-state index contributed by atoms with van der Waals surface area (Å²) in [6.07, 6.45) is 1.14. The van der Waals surface area contributed by atoms with Crippen LogP contribution >= 0.6 is 11.3 Å². The van der Waals surface area contributed by atoms with Crippen LogP contribution < -0.4 is 10.5 Å². The quantitative estimate of drug-likeness (QED) is 0.649. The van der Waals surface area contributed by atoms with Gasteiger partial charge in [0.05, 0.1) is 9.82 Å². The molecule has 0 atom stereocenters. The molecular weight excluding hydrogens is 292 g/mol. The predicted octanol–water partition coefficient (Wildman–Crippen LogP) is 1.44. The first kappa shape index (κ1) is 13.4. The van der Waals surface area contributed by atoms with Gasteiger partial charge in [-0.15, -0.1) is 0 Å². The highest BCUT2D eigenvalue weighted by molar-refractivity contribution is 7.89. The lowest BCUT2D eigenvalue weighted by Gasteiger charge is -2.03. The average Bonchev–Trinajstić information content (AvgIpc) is 2.77. The number of primary sulfonamides is 1. The molecule has 0 aliphatic carbocycles. The Hall–Kier alpha value is -2.04. The molecule has 0 spiro atoms. The van der Waals surface area contributed by atoms with Crippen LogP contribution in [0.25, 0.3) is 0 Å². The largest absolute Gasteiger partial charge is 0.345 e. The second kappa shape index (κ2) is 4.91. The van der Waals surface area contributed by atoms with Gasteiger partial charge in [0.15, 0.2) is 5.13 Å². The van der Waals surface area contributed by atoms with Gasteiger partial charge in [-0.25, -0.2) is 18.5 Å². The number of nitrogens with one attached hydrogen (secondary N) is 1. The molecular formula is C9H8N4O4S2. The van der Waals surface area contributed by atoms with Crippen molar-refractivity contribution in [2.45, 2.75) is 4.90 Å². The number of hydrogen-bond acceptors (Lipinski definition) is 7.